The van der Waals surface area contributed by atoms with Crippen molar-refractivity contribution in [2.75, 3.05) is 38.5 Å². The normalized spacial score (nSPS) is 16.3. The van der Waals surface area contributed by atoms with Crippen molar-refractivity contribution >= 4 is 70.5 Å². The lowest BCUT2D eigenvalue weighted by molar-refractivity contribution is -0.119. The van der Waals surface area contributed by atoms with E-state index in [4.69, 9.17) is 27.9 Å². The molecule has 0 saturated carbocycles. The first-order chi connectivity index (χ1) is 14.9. The molecule has 0 radical (unpaired) electrons. The third-order valence-corrected chi connectivity index (χ3v) is 7.28. The van der Waals surface area contributed by atoms with E-state index < -0.39 is 0 Å². The summed E-state index contributed by atoms with van der Waals surface area (Å²) in [4.78, 5) is 30.5. The van der Waals surface area contributed by atoms with Gasteiger partial charge in [0.2, 0.25) is 5.91 Å². The van der Waals surface area contributed by atoms with Crippen molar-refractivity contribution in [1.29, 1.82) is 0 Å². The summed E-state index contributed by atoms with van der Waals surface area (Å²) in [6, 6.07) is 5.65. The van der Waals surface area contributed by atoms with Gasteiger partial charge in [0.05, 0.1) is 28.5 Å². The third kappa shape index (κ3) is 8.37. The Morgan fingerprint density at radius 3 is 2.88 bits per heavy atom. The van der Waals surface area contributed by atoms with Gasteiger partial charge in [-0.3, -0.25) is 14.5 Å². The van der Waals surface area contributed by atoms with Crippen LogP contribution in [-0.4, -0.2) is 66.3 Å². The number of hydrogen-bond acceptors (Lipinski definition) is 7. The quantitative estimate of drug-likeness (QED) is 0.473. The van der Waals surface area contributed by atoms with Crippen LogP contribution in [0.1, 0.15) is 23.0 Å². The Labute approximate surface area is 212 Å². The molecule has 1 saturated heterocycles. The maximum absolute atomic E-state index is 12.2. The molecule has 1 atom stereocenters. The number of rotatable bonds is 9. The third-order valence-electron chi connectivity index (χ3n) is 4.52. The van der Waals surface area contributed by atoms with Gasteiger partial charge >= 0.3 is 0 Å². The van der Waals surface area contributed by atoms with E-state index in [1.54, 1.807) is 11.4 Å². The standard InChI is InChI=1S/C20H24Cl2N4O3S2.ClH/c1-2-23-19(28)17-11-30-20(25-17)31-12-18(27)24-8-14-10-26(5-6-29-14)9-13-3-4-15(21)16(22)7-13;/h3-4,7,11,14H,2,5-6,8-10,12H2,1H3,(H,23,28)(H,24,27);1H. The van der Waals surface area contributed by atoms with E-state index >= 15 is 0 Å². The van der Waals surface area contributed by atoms with Crippen molar-refractivity contribution in [1.82, 2.24) is 20.5 Å². The van der Waals surface area contributed by atoms with Gasteiger partial charge in [-0.15, -0.1) is 23.7 Å². The summed E-state index contributed by atoms with van der Waals surface area (Å²) in [6.45, 7) is 5.74. The van der Waals surface area contributed by atoms with E-state index in [-0.39, 0.29) is 36.1 Å². The summed E-state index contributed by atoms with van der Waals surface area (Å²) < 4.78 is 6.48. The predicted molar refractivity (Wildman–Crippen MR) is 133 cm³/mol. The Bertz CT molecular complexity index is 916. The fourth-order valence-electron chi connectivity index (χ4n) is 3.03. The number of ether oxygens (including phenoxy) is 1. The minimum absolute atomic E-state index is 0. The van der Waals surface area contributed by atoms with Gasteiger partial charge in [0, 0.05) is 38.1 Å². The number of thiazole rings is 1. The molecule has 1 aliphatic rings. The van der Waals surface area contributed by atoms with Crippen molar-refractivity contribution in [2.24, 2.45) is 0 Å². The number of morpholine rings is 1. The number of amides is 2. The van der Waals surface area contributed by atoms with Gasteiger partial charge in [0.25, 0.3) is 5.91 Å². The number of thioether (sulfide) groups is 1. The highest BCUT2D eigenvalue weighted by atomic mass is 35.5. The molecule has 7 nitrogen and oxygen atoms in total. The molecule has 1 aromatic carbocycles. The Morgan fingerprint density at radius 2 is 2.12 bits per heavy atom. The van der Waals surface area contributed by atoms with Crippen LogP contribution in [0.4, 0.5) is 0 Å². The fourth-order valence-corrected chi connectivity index (χ4v) is 4.99. The van der Waals surface area contributed by atoms with E-state index in [1.807, 2.05) is 19.1 Å². The van der Waals surface area contributed by atoms with E-state index in [1.165, 1.54) is 23.1 Å². The largest absolute Gasteiger partial charge is 0.374 e. The number of nitrogens with zero attached hydrogens (tertiary/aromatic N) is 2. The van der Waals surface area contributed by atoms with Crippen LogP contribution in [0, 0.1) is 0 Å². The molecule has 2 N–H and O–H groups in total. The number of benzene rings is 1. The molecule has 1 fully saturated rings. The van der Waals surface area contributed by atoms with E-state index in [9.17, 15) is 9.59 Å². The Kier molecular flexibility index (Phi) is 11.5. The summed E-state index contributed by atoms with van der Waals surface area (Å²) in [5.74, 6) is -0.0536. The van der Waals surface area contributed by atoms with Gasteiger partial charge in [0.15, 0.2) is 4.34 Å². The average Bonchev–Trinajstić information content (AvgIpc) is 3.23. The van der Waals surface area contributed by atoms with Gasteiger partial charge in [-0.25, -0.2) is 4.98 Å². The van der Waals surface area contributed by atoms with E-state index in [2.05, 4.69) is 20.5 Å². The molecule has 1 aliphatic heterocycles. The second-order valence-corrected chi connectivity index (χ2v) is 9.82. The van der Waals surface area contributed by atoms with Crippen LogP contribution in [0.5, 0.6) is 0 Å². The monoisotopic (exact) mass is 538 g/mol. The van der Waals surface area contributed by atoms with Gasteiger partial charge in [-0.05, 0) is 24.6 Å². The summed E-state index contributed by atoms with van der Waals surface area (Å²) >= 11 is 14.8. The molecule has 176 valence electrons. The summed E-state index contributed by atoms with van der Waals surface area (Å²) in [5, 5.41) is 8.42. The van der Waals surface area contributed by atoms with E-state index in [0.29, 0.717) is 39.8 Å². The predicted octanol–water partition coefficient (Wildman–Crippen LogP) is 3.73. The van der Waals surface area contributed by atoms with Crippen molar-refractivity contribution in [3.63, 3.8) is 0 Å². The number of carbonyl (C=O) groups excluding carboxylic acids is 2. The Balaban J connectivity index is 0.00000363. The zero-order valence-electron chi connectivity index (χ0n) is 17.4. The lowest BCUT2D eigenvalue weighted by Crippen LogP contribution is -2.47. The minimum atomic E-state index is -0.199. The van der Waals surface area contributed by atoms with Gasteiger partial charge in [-0.1, -0.05) is 41.0 Å². The average molecular weight is 540 g/mol. The van der Waals surface area contributed by atoms with Crippen LogP contribution in [0.3, 0.4) is 0 Å². The van der Waals surface area contributed by atoms with Gasteiger partial charge < -0.3 is 15.4 Å². The molecule has 2 amide bonds. The Morgan fingerprint density at radius 1 is 1.31 bits per heavy atom. The molecular weight excluding hydrogens is 515 g/mol. The lowest BCUT2D eigenvalue weighted by Gasteiger charge is -2.33. The minimum Gasteiger partial charge on any atom is -0.374 e. The van der Waals surface area contributed by atoms with Crippen LogP contribution in [-0.2, 0) is 16.1 Å². The number of carbonyl (C=O) groups is 2. The molecule has 2 heterocycles. The van der Waals surface area contributed by atoms with Crippen molar-refractivity contribution < 1.29 is 14.3 Å². The van der Waals surface area contributed by atoms with Crippen molar-refractivity contribution in [3.05, 3.63) is 44.9 Å². The number of halogens is 3. The second-order valence-electron chi connectivity index (χ2n) is 6.93. The zero-order chi connectivity index (χ0) is 22.2. The zero-order valence-corrected chi connectivity index (χ0v) is 21.4. The first-order valence-electron chi connectivity index (χ1n) is 9.85. The fraction of sp³-hybridized carbons (Fsp3) is 0.450. The van der Waals surface area contributed by atoms with Crippen LogP contribution in [0.15, 0.2) is 27.9 Å². The first kappa shape index (κ1) is 27.2. The van der Waals surface area contributed by atoms with Crippen molar-refractivity contribution in [3.8, 4) is 0 Å². The highest BCUT2D eigenvalue weighted by Crippen LogP contribution is 2.24. The van der Waals surface area contributed by atoms with Gasteiger partial charge in [0.1, 0.15) is 5.69 Å². The molecule has 0 bridgehead atoms. The molecule has 12 heteroatoms. The molecule has 3 rings (SSSR count). The van der Waals surface area contributed by atoms with E-state index in [0.717, 1.165) is 25.2 Å². The Hall–Kier alpha value is -1.07. The summed E-state index contributed by atoms with van der Waals surface area (Å²) in [7, 11) is 0. The summed E-state index contributed by atoms with van der Waals surface area (Å²) in [6.07, 6.45) is -0.0744. The molecule has 2 aromatic rings. The number of aromatic nitrogens is 1. The molecule has 1 aromatic heterocycles. The molecule has 0 spiro atoms. The lowest BCUT2D eigenvalue weighted by atomic mass is 10.2. The number of nitrogens with one attached hydrogen (secondary N) is 2. The summed E-state index contributed by atoms with van der Waals surface area (Å²) in [5.41, 5.74) is 1.47. The SMILES string of the molecule is CCNC(=O)c1csc(SCC(=O)NCC2CN(Cc3ccc(Cl)c(Cl)c3)CCO2)n1.Cl. The molecule has 32 heavy (non-hydrogen) atoms. The maximum Gasteiger partial charge on any atom is 0.270 e. The second kappa shape index (κ2) is 13.6. The van der Waals surface area contributed by atoms with Gasteiger partial charge in [-0.2, -0.15) is 0 Å². The van der Waals surface area contributed by atoms with Crippen LogP contribution >= 0.6 is 58.7 Å². The highest BCUT2D eigenvalue weighted by molar-refractivity contribution is 8.01. The van der Waals surface area contributed by atoms with Crippen LogP contribution in [0.25, 0.3) is 0 Å². The first-order valence-corrected chi connectivity index (χ1v) is 12.5. The molecular formula is C20H25Cl3N4O3S2. The molecule has 1 unspecified atom stereocenters. The number of hydrogen-bond donors (Lipinski definition) is 2. The topological polar surface area (TPSA) is 83.6 Å². The van der Waals surface area contributed by atoms with Crippen LogP contribution < -0.4 is 10.6 Å². The smallest absolute Gasteiger partial charge is 0.270 e. The maximum atomic E-state index is 12.2. The molecule has 0 aliphatic carbocycles. The van der Waals surface area contributed by atoms with Crippen molar-refractivity contribution in [2.45, 2.75) is 23.9 Å². The highest BCUT2D eigenvalue weighted by Gasteiger charge is 2.21. The van der Waals surface area contributed by atoms with Crippen LogP contribution in [0.2, 0.25) is 10.0 Å².